The van der Waals surface area contributed by atoms with E-state index in [1.165, 1.54) is 31.0 Å². The largest absolute Gasteiger partial charge is 0.352 e. The number of benzene rings is 1. The fourth-order valence-corrected chi connectivity index (χ4v) is 3.75. The highest BCUT2D eigenvalue weighted by molar-refractivity contribution is 8.00. The molecule has 1 saturated carbocycles. The molecule has 0 unspecified atom stereocenters. The van der Waals surface area contributed by atoms with Crippen molar-refractivity contribution in [2.75, 3.05) is 0 Å². The average Bonchev–Trinajstić information content (AvgIpc) is 2.55. The molecule has 3 nitrogen and oxygen atoms in total. The molecule has 1 aromatic heterocycles. The van der Waals surface area contributed by atoms with Crippen LogP contribution in [-0.2, 0) is 4.79 Å². The van der Waals surface area contributed by atoms with Gasteiger partial charge in [0, 0.05) is 11.4 Å². The van der Waals surface area contributed by atoms with Gasteiger partial charge in [0.2, 0.25) is 5.91 Å². The van der Waals surface area contributed by atoms with Crippen LogP contribution >= 0.6 is 11.8 Å². The molecule has 1 atom stereocenters. The van der Waals surface area contributed by atoms with E-state index in [1.807, 2.05) is 31.2 Å². The Hall–Kier alpha value is -1.55. The molecule has 0 aliphatic heterocycles. The van der Waals surface area contributed by atoms with Crippen LogP contribution in [0.25, 0.3) is 10.9 Å². The number of nitrogens with one attached hydrogen (secondary N) is 1. The first-order valence-electron chi connectivity index (χ1n) is 8.05. The summed E-state index contributed by atoms with van der Waals surface area (Å²) < 4.78 is 0. The van der Waals surface area contributed by atoms with Crippen molar-refractivity contribution in [3.05, 3.63) is 36.4 Å². The third-order valence-corrected chi connectivity index (χ3v) is 5.23. The predicted molar refractivity (Wildman–Crippen MR) is 92.1 cm³/mol. The summed E-state index contributed by atoms with van der Waals surface area (Å²) in [5.74, 6) is 0.131. The molecule has 1 N–H and O–H groups in total. The van der Waals surface area contributed by atoms with Gasteiger partial charge < -0.3 is 5.32 Å². The maximum Gasteiger partial charge on any atom is 0.233 e. The predicted octanol–water partition coefficient (Wildman–Crippen LogP) is 4.16. The van der Waals surface area contributed by atoms with Gasteiger partial charge in [-0.15, -0.1) is 0 Å². The Balaban J connectivity index is 1.61. The number of carbonyl (C=O) groups is 1. The van der Waals surface area contributed by atoms with Gasteiger partial charge in [-0.25, -0.2) is 4.98 Å². The van der Waals surface area contributed by atoms with Crippen LogP contribution in [-0.4, -0.2) is 22.2 Å². The smallest absolute Gasteiger partial charge is 0.233 e. The lowest BCUT2D eigenvalue weighted by molar-refractivity contribution is -0.121. The van der Waals surface area contributed by atoms with Crippen molar-refractivity contribution in [2.24, 2.45) is 0 Å². The molecule has 0 spiro atoms. The number of para-hydroxylation sites is 1. The minimum atomic E-state index is -0.115. The quantitative estimate of drug-likeness (QED) is 0.861. The van der Waals surface area contributed by atoms with E-state index in [2.05, 4.69) is 22.4 Å². The molecule has 1 aliphatic rings. The van der Waals surface area contributed by atoms with E-state index >= 15 is 0 Å². The lowest BCUT2D eigenvalue weighted by atomic mass is 9.95. The molecule has 1 fully saturated rings. The Kier molecular flexibility index (Phi) is 4.98. The van der Waals surface area contributed by atoms with E-state index in [1.54, 1.807) is 0 Å². The van der Waals surface area contributed by atoms with Crippen LogP contribution in [0.5, 0.6) is 0 Å². The van der Waals surface area contributed by atoms with Crippen molar-refractivity contribution in [1.82, 2.24) is 10.3 Å². The highest BCUT2D eigenvalue weighted by Gasteiger charge is 2.20. The molecule has 0 saturated heterocycles. The summed E-state index contributed by atoms with van der Waals surface area (Å²) in [6.07, 6.45) is 6.02. The zero-order valence-corrected chi connectivity index (χ0v) is 13.7. The molecule has 116 valence electrons. The van der Waals surface area contributed by atoms with Crippen molar-refractivity contribution in [3.8, 4) is 0 Å². The van der Waals surface area contributed by atoms with Crippen molar-refractivity contribution < 1.29 is 4.79 Å². The second kappa shape index (κ2) is 7.14. The summed E-state index contributed by atoms with van der Waals surface area (Å²) in [7, 11) is 0. The van der Waals surface area contributed by atoms with Crippen molar-refractivity contribution in [3.63, 3.8) is 0 Å². The van der Waals surface area contributed by atoms with Gasteiger partial charge in [0.05, 0.1) is 15.8 Å². The number of hydrogen-bond donors (Lipinski definition) is 1. The average molecular weight is 314 g/mol. The van der Waals surface area contributed by atoms with Crippen LogP contribution in [0, 0.1) is 0 Å². The summed E-state index contributed by atoms with van der Waals surface area (Å²) in [4.78, 5) is 16.9. The van der Waals surface area contributed by atoms with Gasteiger partial charge >= 0.3 is 0 Å². The monoisotopic (exact) mass is 314 g/mol. The Bertz CT molecular complexity index is 652. The van der Waals surface area contributed by atoms with E-state index in [-0.39, 0.29) is 11.2 Å². The van der Waals surface area contributed by atoms with E-state index < -0.39 is 0 Å². The van der Waals surface area contributed by atoms with E-state index in [4.69, 9.17) is 0 Å². The normalized spacial score (nSPS) is 17.3. The number of rotatable bonds is 4. The maximum absolute atomic E-state index is 12.3. The molecule has 22 heavy (non-hydrogen) atoms. The summed E-state index contributed by atoms with van der Waals surface area (Å²) in [6.45, 7) is 1.96. The first-order valence-corrected chi connectivity index (χ1v) is 8.93. The molecule has 0 bridgehead atoms. The molecule has 3 rings (SSSR count). The van der Waals surface area contributed by atoms with Gasteiger partial charge in [-0.3, -0.25) is 4.79 Å². The lowest BCUT2D eigenvalue weighted by Crippen LogP contribution is -2.40. The van der Waals surface area contributed by atoms with Crippen molar-refractivity contribution >= 4 is 28.6 Å². The number of carbonyl (C=O) groups excluding carboxylic acids is 1. The number of aromatic nitrogens is 1. The molecular weight excluding hydrogens is 292 g/mol. The highest BCUT2D eigenvalue weighted by atomic mass is 32.2. The number of nitrogens with zero attached hydrogens (tertiary/aromatic N) is 1. The van der Waals surface area contributed by atoms with Crippen LogP contribution in [0.2, 0.25) is 0 Å². The first kappa shape index (κ1) is 15.3. The summed E-state index contributed by atoms with van der Waals surface area (Å²) in [5, 5.41) is 5.11. The summed E-state index contributed by atoms with van der Waals surface area (Å²) in [6, 6.07) is 12.5. The Labute approximate surface area is 135 Å². The number of pyridine rings is 1. The summed E-state index contributed by atoms with van der Waals surface area (Å²) >= 11 is 1.53. The topological polar surface area (TPSA) is 42.0 Å². The van der Waals surface area contributed by atoms with Crippen LogP contribution in [0.3, 0.4) is 0 Å². The van der Waals surface area contributed by atoms with Crippen molar-refractivity contribution in [1.29, 1.82) is 0 Å². The van der Waals surface area contributed by atoms with E-state index in [0.29, 0.717) is 6.04 Å². The molecule has 2 aromatic rings. The maximum atomic E-state index is 12.3. The molecule has 1 aromatic carbocycles. The number of fused-ring (bicyclic) bond motifs is 1. The second-order valence-corrected chi connectivity index (χ2v) is 7.31. The first-order chi connectivity index (χ1) is 10.7. The van der Waals surface area contributed by atoms with Crippen LogP contribution in [0.1, 0.15) is 39.0 Å². The molecule has 1 heterocycles. The van der Waals surface area contributed by atoms with Crippen LogP contribution in [0.15, 0.2) is 41.4 Å². The van der Waals surface area contributed by atoms with Gasteiger partial charge in [-0.1, -0.05) is 55.3 Å². The van der Waals surface area contributed by atoms with Gasteiger partial charge in [0.1, 0.15) is 0 Å². The minimum Gasteiger partial charge on any atom is -0.352 e. The Morgan fingerprint density at radius 3 is 2.77 bits per heavy atom. The number of thioether (sulfide) groups is 1. The van der Waals surface area contributed by atoms with E-state index in [9.17, 15) is 4.79 Å². The molecule has 0 radical (unpaired) electrons. The molecule has 1 amide bonds. The molecule has 1 aliphatic carbocycles. The van der Waals surface area contributed by atoms with Gasteiger partial charge in [0.25, 0.3) is 0 Å². The fraction of sp³-hybridized carbons (Fsp3) is 0.444. The molecular formula is C18H22N2OS. The lowest BCUT2D eigenvalue weighted by Gasteiger charge is -2.24. The third kappa shape index (κ3) is 3.80. The SMILES string of the molecule is C[C@H](Sc1ccc2ccccc2n1)C(=O)NC1CCCCC1. The van der Waals surface area contributed by atoms with E-state index in [0.717, 1.165) is 28.8 Å². The second-order valence-electron chi connectivity index (χ2n) is 5.95. The molecule has 4 heteroatoms. The number of amides is 1. The fourth-order valence-electron chi connectivity index (χ4n) is 2.91. The highest BCUT2D eigenvalue weighted by Crippen LogP contribution is 2.25. The Morgan fingerprint density at radius 1 is 1.18 bits per heavy atom. The van der Waals surface area contributed by atoms with Crippen LogP contribution < -0.4 is 5.32 Å². The summed E-state index contributed by atoms with van der Waals surface area (Å²) in [5.41, 5.74) is 0.979. The number of hydrogen-bond acceptors (Lipinski definition) is 3. The van der Waals surface area contributed by atoms with Gasteiger partial charge in [-0.2, -0.15) is 0 Å². The third-order valence-electron chi connectivity index (χ3n) is 4.19. The van der Waals surface area contributed by atoms with Gasteiger partial charge in [0.15, 0.2) is 0 Å². The standard InChI is InChI=1S/C18H22N2OS/c1-13(18(21)19-15-8-3-2-4-9-15)22-17-12-11-14-7-5-6-10-16(14)20-17/h5-7,10-13,15H,2-4,8-9H2,1H3,(H,19,21)/t13-/m0/s1. The van der Waals surface area contributed by atoms with Crippen molar-refractivity contribution in [2.45, 2.75) is 55.3 Å². The van der Waals surface area contributed by atoms with Crippen LogP contribution in [0.4, 0.5) is 0 Å². The zero-order chi connectivity index (χ0) is 15.4. The zero-order valence-electron chi connectivity index (χ0n) is 12.9. The van der Waals surface area contributed by atoms with Gasteiger partial charge in [-0.05, 0) is 31.9 Å². The minimum absolute atomic E-state index is 0.115. The Morgan fingerprint density at radius 2 is 1.95 bits per heavy atom.